The van der Waals surface area contributed by atoms with Crippen LogP contribution in [0.15, 0.2) is 48.5 Å². The van der Waals surface area contributed by atoms with Crippen LogP contribution < -0.4 is 16.4 Å². The van der Waals surface area contributed by atoms with Gasteiger partial charge in [0.2, 0.25) is 5.91 Å². The zero-order valence-corrected chi connectivity index (χ0v) is 16.9. The molecule has 0 spiro atoms. The van der Waals surface area contributed by atoms with Crippen molar-refractivity contribution >= 4 is 29.1 Å². The second-order valence-electron chi connectivity index (χ2n) is 7.41. The van der Waals surface area contributed by atoms with Crippen molar-refractivity contribution in [1.29, 1.82) is 0 Å². The number of anilines is 1. The Labute approximate surface area is 165 Å². The molecule has 1 unspecified atom stereocenters. The van der Waals surface area contributed by atoms with Crippen LogP contribution in [0.5, 0.6) is 0 Å². The Balaban J connectivity index is 2.16. The molecule has 0 saturated carbocycles. The lowest BCUT2D eigenvalue weighted by atomic mass is 9.92. The minimum Gasteiger partial charge on any atom is -0.347 e. The van der Waals surface area contributed by atoms with E-state index in [-0.39, 0.29) is 22.4 Å². The molecule has 144 valence electrons. The van der Waals surface area contributed by atoms with E-state index in [4.69, 9.17) is 17.3 Å². The zero-order valence-electron chi connectivity index (χ0n) is 16.1. The highest BCUT2D eigenvalue weighted by molar-refractivity contribution is 6.34. The molecule has 5 nitrogen and oxygen atoms in total. The van der Waals surface area contributed by atoms with Gasteiger partial charge in [-0.1, -0.05) is 48.9 Å². The monoisotopic (exact) mass is 387 g/mol. The molecular weight excluding hydrogens is 362 g/mol. The van der Waals surface area contributed by atoms with Crippen molar-refractivity contribution in [3.63, 3.8) is 0 Å². The molecule has 0 aliphatic carbocycles. The number of halogens is 1. The van der Waals surface area contributed by atoms with E-state index < -0.39 is 5.54 Å². The molecule has 0 bridgehead atoms. The normalized spacial score (nSPS) is 13.6. The first-order valence-electron chi connectivity index (χ1n) is 8.85. The molecular formula is C21H26ClN3O2. The Morgan fingerprint density at radius 1 is 1.07 bits per heavy atom. The molecule has 27 heavy (non-hydrogen) atoms. The number of nitrogens with two attached hydrogens (primary N) is 1. The number of amides is 2. The highest BCUT2D eigenvalue weighted by Gasteiger charge is 2.30. The fourth-order valence-corrected chi connectivity index (χ4v) is 2.68. The third-order valence-corrected chi connectivity index (χ3v) is 4.97. The molecule has 2 aromatic carbocycles. The second-order valence-corrected chi connectivity index (χ2v) is 7.82. The lowest BCUT2D eigenvalue weighted by Gasteiger charge is -2.25. The van der Waals surface area contributed by atoms with Gasteiger partial charge in [0.1, 0.15) is 5.54 Å². The summed E-state index contributed by atoms with van der Waals surface area (Å²) < 4.78 is 0. The molecule has 0 saturated heterocycles. The fourth-order valence-electron chi connectivity index (χ4n) is 2.42. The maximum atomic E-state index is 12.6. The standard InChI is InChI=1S/C21H26ClN3O2/c1-5-20(2,3)25-18(26)16-12-11-15(13-17(16)22)24-19(27)21(4,23)14-9-7-6-8-10-14/h6-13H,5,23H2,1-4H3,(H,24,27)(H,25,26). The van der Waals surface area contributed by atoms with Crippen molar-refractivity contribution in [3.05, 3.63) is 64.7 Å². The van der Waals surface area contributed by atoms with E-state index in [2.05, 4.69) is 10.6 Å². The van der Waals surface area contributed by atoms with Gasteiger partial charge in [0, 0.05) is 11.2 Å². The highest BCUT2D eigenvalue weighted by Crippen LogP contribution is 2.24. The highest BCUT2D eigenvalue weighted by atomic mass is 35.5. The van der Waals surface area contributed by atoms with Crippen LogP contribution >= 0.6 is 11.6 Å². The number of benzene rings is 2. The quantitative estimate of drug-likeness (QED) is 0.698. The number of rotatable bonds is 6. The summed E-state index contributed by atoms with van der Waals surface area (Å²) in [5, 5.41) is 5.97. The maximum absolute atomic E-state index is 12.6. The van der Waals surface area contributed by atoms with Crippen LogP contribution in [0, 0.1) is 0 Å². The predicted octanol–water partition coefficient (Wildman–Crippen LogP) is 4.07. The third kappa shape index (κ3) is 5.08. The van der Waals surface area contributed by atoms with Gasteiger partial charge in [-0.15, -0.1) is 0 Å². The van der Waals surface area contributed by atoms with Crippen molar-refractivity contribution in [2.45, 2.75) is 45.2 Å². The number of nitrogens with one attached hydrogen (secondary N) is 2. The molecule has 0 fully saturated rings. The smallest absolute Gasteiger partial charge is 0.253 e. The molecule has 0 radical (unpaired) electrons. The van der Waals surface area contributed by atoms with Crippen LogP contribution in [-0.4, -0.2) is 17.4 Å². The molecule has 2 rings (SSSR count). The van der Waals surface area contributed by atoms with Crippen LogP contribution in [0.1, 0.15) is 50.0 Å². The van der Waals surface area contributed by atoms with E-state index in [1.54, 1.807) is 37.3 Å². The van der Waals surface area contributed by atoms with Gasteiger partial charge in [-0.3, -0.25) is 9.59 Å². The molecule has 0 aliphatic rings. The Morgan fingerprint density at radius 3 is 2.26 bits per heavy atom. The van der Waals surface area contributed by atoms with Crippen LogP contribution in [0.3, 0.4) is 0 Å². The zero-order chi connectivity index (χ0) is 20.2. The molecule has 1 atom stereocenters. The summed E-state index contributed by atoms with van der Waals surface area (Å²) in [6, 6.07) is 13.9. The third-order valence-electron chi connectivity index (χ3n) is 4.65. The van der Waals surface area contributed by atoms with E-state index >= 15 is 0 Å². The summed E-state index contributed by atoms with van der Waals surface area (Å²) in [5.74, 6) is -0.619. The van der Waals surface area contributed by atoms with E-state index in [0.717, 1.165) is 6.42 Å². The van der Waals surface area contributed by atoms with E-state index in [0.29, 0.717) is 16.8 Å². The first-order valence-corrected chi connectivity index (χ1v) is 9.22. The summed E-state index contributed by atoms with van der Waals surface area (Å²) in [6.07, 6.45) is 0.791. The van der Waals surface area contributed by atoms with Gasteiger partial charge >= 0.3 is 0 Å². The average Bonchev–Trinajstić information content (AvgIpc) is 2.62. The van der Waals surface area contributed by atoms with Gasteiger partial charge in [0.25, 0.3) is 5.91 Å². The van der Waals surface area contributed by atoms with Crippen LogP contribution in [0.25, 0.3) is 0 Å². The summed E-state index contributed by atoms with van der Waals surface area (Å²) in [4.78, 5) is 25.0. The number of carbonyl (C=O) groups is 2. The fraction of sp³-hybridized carbons (Fsp3) is 0.333. The Hall–Kier alpha value is -2.37. The first-order chi connectivity index (χ1) is 12.6. The SMILES string of the molecule is CCC(C)(C)NC(=O)c1ccc(NC(=O)C(C)(N)c2ccccc2)cc1Cl. The van der Waals surface area contributed by atoms with Crippen molar-refractivity contribution < 1.29 is 9.59 Å². The lowest BCUT2D eigenvalue weighted by molar-refractivity contribution is -0.120. The topological polar surface area (TPSA) is 84.2 Å². The van der Waals surface area contributed by atoms with Crippen LogP contribution in [-0.2, 0) is 10.3 Å². The Kier molecular flexibility index (Phi) is 6.29. The molecule has 6 heteroatoms. The average molecular weight is 388 g/mol. The Bertz CT molecular complexity index is 833. The minimum absolute atomic E-state index is 0.252. The van der Waals surface area contributed by atoms with Crippen molar-refractivity contribution in [2.24, 2.45) is 5.73 Å². The van der Waals surface area contributed by atoms with Gasteiger partial charge in [-0.25, -0.2) is 0 Å². The van der Waals surface area contributed by atoms with Crippen LogP contribution in [0.4, 0.5) is 5.69 Å². The second kappa shape index (κ2) is 8.11. The van der Waals surface area contributed by atoms with E-state index in [9.17, 15) is 9.59 Å². The molecule has 0 aromatic heterocycles. The first kappa shape index (κ1) is 20.9. The summed E-state index contributed by atoms with van der Waals surface area (Å²) in [6.45, 7) is 7.53. The molecule has 2 aromatic rings. The van der Waals surface area contributed by atoms with E-state index in [1.165, 1.54) is 0 Å². The summed E-state index contributed by atoms with van der Waals surface area (Å²) in [7, 11) is 0. The van der Waals surface area contributed by atoms with Gasteiger partial charge in [0.05, 0.1) is 10.6 Å². The number of carbonyl (C=O) groups excluding carboxylic acids is 2. The molecule has 2 amide bonds. The summed E-state index contributed by atoms with van der Waals surface area (Å²) >= 11 is 6.27. The number of hydrogen-bond donors (Lipinski definition) is 3. The van der Waals surface area contributed by atoms with Gasteiger partial charge in [-0.05, 0) is 51.0 Å². The maximum Gasteiger partial charge on any atom is 0.253 e. The molecule has 0 heterocycles. The molecule has 0 aliphatic heterocycles. The van der Waals surface area contributed by atoms with Gasteiger partial charge in [0.15, 0.2) is 0 Å². The van der Waals surface area contributed by atoms with Crippen molar-refractivity contribution in [2.75, 3.05) is 5.32 Å². The largest absolute Gasteiger partial charge is 0.347 e. The number of hydrogen-bond acceptors (Lipinski definition) is 3. The van der Waals surface area contributed by atoms with Crippen molar-refractivity contribution in [1.82, 2.24) is 5.32 Å². The van der Waals surface area contributed by atoms with Gasteiger partial charge in [-0.2, -0.15) is 0 Å². The van der Waals surface area contributed by atoms with Crippen molar-refractivity contribution in [3.8, 4) is 0 Å². The van der Waals surface area contributed by atoms with E-state index in [1.807, 2.05) is 39.0 Å². The van der Waals surface area contributed by atoms with Gasteiger partial charge < -0.3 is 16.4 Å². The predicted molar refractivity (Wildman–Crippen MR) is 110 cm³/mol. The van der Waals surface area contributed by atoms with Crippen LogP contribution in [0.2, 0.25) is 5.02 Å². The summed E-state index contributed by atoms with van der Waals surface area (Å²) in [5.41, 5.74) is 6.23. The Morgan fingerprint density at radius 2 is 1.70 bits per heavy atom. The minimum atomic E-state index is -1.20. The molecule has 4 N–H and O–H groups in total. The lowest BCUT2D eigenvalue weighted by Crippen LogP contribution is -2.45.